The average molecular weight is 236 g/mol. The summed E-state index contributed by atoms with van der Waals surface area (Å²) in [5, 5.41) is 7.16. The second kappa shape index (κ2) is 4.20. The summed E-state index contributed by atoms with van der Waals surface area (Å²) in [5.41, 5.74) is 5.32. The van der Waals surface area contributed by atoms with Crippen molar-refractivity contribution in [3.05, 3.63) is 0 Å². The lowest BCUT2D eigenvalue weighted by Crippen LogP contribution is -2.30. The molecule has 14 heavy (non-hydrogen) atoms. The molecule has 0 unspecified atom stereocenters. The van der Waals surface area contributed by atoms with E-state index >= 15 is 0 Å². The van der Waals surface area contributed by atoms with E-state index in [0.717, 1.165) is 11.3 Å². The summed E-state index contributed by atoms with van der Waals surface area (Å²) in [6.07, 6.45) is 0. The first kappa shape index (κ1) is 11.3. The van der Waals surface area contributed by atoms with Gasteiger partial charge in [-0.15, -0.1) is 10.2 Å². The van der Waals surface area contributed by atoms with Crippen LogP contribution < -0.4 is 5.73 Å². The molecule has 1 aromatic rings. The van der Waals surface area contributed by atoms with Crippen molar-refractivity contribution in [2.24, 2.45) is 0 Å². The number of sulfonamides is 1. The van der Waals surface area contributed by atoms with Gasteiger partial charge in [-0.2, -0.15) is 4.31 Å². The van der Waals surface area contributed by atoms with Gasteiger partial charge in [0.25, 0.3) is 10.0 Å². The average Bonchev–Trinajstić information content (AvgIpc) is 2.54. The van der Waals surface area contributed by atoms with Crippen LogP contribution in [0.4, 0.5) is 5.13 Å². The van der Waals surface area contributed by atoms with Crippen LogP contribution in [0, 0.1) is 0 Å². The first-order valence-corrected chi connectivity index (χ1v) is 6.37. The van der Waals surface area contributed by atoms with Crippen LogP contribution in [0.2, 0.25) is 0 Å². The number of nitrogen functional groups attached to an aromatic ring is 1. The molecule has 1 rings (SSSR count). The Morgan fingerprint density at radius 2 is 1.93 bits per heavy atom. The van der Waals surface area contributed by atoms with Crippen LogP contribution in [0.5, 0.6) is 0 Å². The molecule has 0 aromatic carbocycles. The molecule has 1 heterocycles. The number of anilines is 1. The first-order chi connectivity index (χ1) is 6.52. The third-order valence-corrected chi connectivity index (χ3v) is 4.84. The van der Waals surface area contributed by atoms with E-state index in [9.17, 15) is 8.42 Å². The molecule has 0 aliphatic heterocycles. The number of aromatic nitrogens is 2. The fourth-order valence-corrected chi connectivity index (χ4v) is 3.38. The van der Waals surface area contributed by atoms with E-state index in [1.165, 1.54) is 4.31 Å². The molecular formula is C6H12N4O2S2. The second-order valence-electron chi connectivity index (χ2n) is 2.50. The minimum Gasteiger partial charge on any atom is -0.374 e. The first-order valence-electron chi connectivity index (χ1n) is 4.11. The zero-order valence-electron chi connectivity index (χ0n) is 7.97. The monoisotopic (exact) mass is 236 g/mol. The predicted molar refractivity (Wildman–Crippen MR) is 54.4 cm³/mol. The topological polar surface area (TPSA) is 89.2 Å². The SMILES string of the molecule is CCN(CC)S(=O)(=O)c1nnc(N)s1. The van der Waals surface area contributed by atoms with Gasteiger partial charge >= 0.3 is 0 Å². The Morgan fingerprint density at radius 3 is 2.29 bits per heavy atom. The van der Waals surface area contributed by atoms with Crippen molar-refractivity contribution in [3.8, 4) is 0 Å². The lowest BCUT2D eigenvalue weighted by molar-refractivity contribution is 0.444. The predicted octanol–water partition coefficient (Wildman–Crippen LogP) is 0.151. The van der Waals surface area contributed by atoms with Crippen molar-refractivity contribution in [2.45, 2.75) is 18.2 Å². The molecule has 0 saturated carbocycles. The zero-order chi connectivity index (χ0) is 10.8. The maximum absolute atomic E-state index is 11.8. The van der Waals surface area contributed by atoms with Crippen molar-refractivity contribution < 1.29 is 8.42 Å². The lowest BCUT2D eigenvalue weighted by Gasteiger charge is -2.15. The molecule has 0 fully saturated rings. The Labute approximate surface area is 86.8 Å². The molecule has 0 atom stereocenters. The maximum atomic E-state index is 11.8. The van der Waals surface area contributed by atoms with Crippen molar-refractivity contribution >= 4 is 26.5 Å². The highest BCUT2D eigenvalue weighted by Crippen LogP contribution is 2.20. The Balaban J connectivity index is 3.07. The molecule has 1 aromatic heterocycles. The summed E-state index contributed by atoms with van der Waals surface area (Å²) in [5.74, 6) is 0. The minimum absolute atomic E-state index is 0.0429. The largest absolute Gasteiger partial charge is 0.374 e. The Kier molecular flexibility index (Phi) is 3.40. The van der Waals surface area contributed by atoms with Crippen molar-refractivity contribution in [3.63, 3.8) is 0 Å². The molecular weight excluding hydrogens is 224 g/mol. The van der Waals surface area contributed by atoms with Gasteiger partial charge in [0, 0.05) is 13.1 Å². The molecule has 6 nitrogen and oxygen atoms in total. The summed E-state index contributed by atoms with van der Waals surface area (Å²) in [4.78, 5) is 0. The van der Waals surface area contributed by atoms with Crippen molar-refractivity contribution in [1.29, 1.82) is 0 Å². The number of rotatable bonds is 4. The van der Waals surface area contributed by atoms with Crippen LogP contribution in [0.1, 0.15) is 13.8 Å². The van der Waals surface area contributed by atoms with Crippen LogP contribution in [0.15, 0.2) is 4.34 Å². The van der Waals surface area contributed by atoms with Crippen LogP contribution in [-0.2, 0) is 10.0 Å². The maximum Gasteiger partial charge on any atom is 0.272 e. The van der Waals surface area contributed by atoms with Crippen LogP contribution in [0.3, 0.4) is 0 Å². The number of nitrogens with zero attached hydrogens (tertiary/aromatic N) is 3. The van der Waals surface area contributed by atoms with Crippen LogP contribution >= 0.6 is 11.3 Å². The normalized spacial score (nSPS) is 12.2. The molecule has 80 valence electrons. The fourth-order valence-electron chi connectivity index (χ4n) is 0.999. The van der Waals surface area contributed by atoms with Crippen LogP contribution in [-0.4, -0.2) is 36.0 Å². The van der Waals surface area contributed by atoms with Gasteiger partial charge in [-0.1, -0.05) is 25.2 Å². The third-order valence-electron chi connectivity index (χ3n) is 1.69. The zero-order valence-corrected chi connectivity index (χ0v) is 9.60. The summed E-state index contributed by atoms with van der Waals surface area (Å²) in [6, 6.07) is 0. The highest BCUT2D eigenvalue weighted by atomic mass is 32.2. The minimum atomic E-state index is -3.48. The molecule has 0 bridgehead atoms. The van der Waals surface area contributed by atoms with E-state index < -0.39 is 10.0 Å². The van der Waals surface area contributed by atoms with E-state index in [4.69, 9.17) is 5.73 Å². The van der Waals surface area contributed by atoms with Crippen LogP contribution in [0.25, 0.3) is 0 Å². The standard InChI is InChI=1S/C6H12N4O2S2/c1-3-10(4-2)14(11,12)6-9-8-5(7)13-6/h3-4H2,1-2H3,(H2,7,8). The molecule has 0 radical (unpaired) electrons. The Morgan fingerprint density at radius 1 is 1.36 bits per heavy atom. The second-order valence-corrected chi connectivity index (χ2v) is 5.62. The van der Waals surface area contributed by atoms with Gasteiger partial charge in [-0.05, 0) is 0 Å². The highest BCUT2D eigenvalue weighted by molar-refractivity contribution is 7.91. The number of hydrogen-bond donors (Lipinski definition) is 1. The Hall–Kier alpha value is -0.730. The molecule has 0 spiro atoms. The van der Waals surface area contributed by atoms with Gasteiger partial charge in [0.05, 0.1) is 0 Å². The van der Waals surface area contributed by atoms with Gasteiger partial charge in [-0.25, -0.2) is 8.42 Å². The Bertz CT molecular complexity index is 396. The quantitative estimate of drug-likeness (QED) is 0.803. The summed E-state index contributed by atoms with van der Waals surface area (Å²) in [7, 11) is -3.48. The van der Waals surface area contributed by atoms with E-state index in [0.29, 0.717) is 13.1 Å². The molecule has 0 amide bonds. The number of nitrogens with two attached hydrogens (primary N) is 1. The number of hydrogen-bond acceptors (Lipinski definition) is 6. The summed E-state index contributed by atoms with van der Waals surface area (Å²) in [6.45, 7) is 4.37. The van der Waals surface area contributed by atoms with Gasteiger partial charge in [-0.3, -0.25) is 0 Å². The van der Waals surface area contributed by atoms with Gasteiger partial charge < -0.3 is 5.73 Å². The van der Waals surface area contributed by atoms with E-state index in [-0.39, 0.29) is 9.47 Å². The molecule has 0 aliphatic rings. The summed E-state index contributed by atoms with van der Waals surface area (Å²) < 4.78 is 24.8. The molecule has 8 heteroatoms. The lowest BCUT2D eigenvalue weighted by atomic mass is 10.7. The van der Waals surface area contributed by atoms with E-state index in [2.05, 4.69) is 10.2 Å². The fraction of sp³-hybridized carbons (Fsp3) is 0.667. The summed E-state index contributed by atoms with van der Waals surface area (Å²) >= 11 is 0.880. The van der Waals surface area contributed by atoms with Gasteiger partial charge in [0.2, 0.25) is 9.47 Å². The van der Waals surface area contributed by atoms with Crippen molar-refractivity contribution in [2.75, 3.05) is 18.8 Å². The van der Waals surface area contributed by atoms with Gasteiger partial charge in [0.1, 0.15) is 0 Å². The molecule has 0 aliphatic carbocycles. The third kappa shape index (κ3) is 2.02. The van der Waals surface area contributed by atoms with E-state index in [1.54, 1.807) is 13.8 Å². The smallest absolute Gasteiger partial charge is 0.272 e. The van der Waals surface area contributed by atoms with Crippen molar-refractivity contribution in [1.82, 2.24) is 14.5 Å². The van der Waals surface area contributed by atoms with Gasteiger partial charge in [0.15, 0.2) is 0 Å². The molecule has 0 saturated heterocycles. The molecule has 2 N–H and O–H groups in total. The van der Waals surface area contributed by atoms with E-state index in [1.807, 2.05) is 0 Å². The highest BCUT2D eigenvalue weighted by Gasteiger charge is 2.25.